The van der Waals surface area contributed by atoms with Gasteiger partial charge in [-0.15, -0.1) is 0 Å². The lowest BCUT2D eigenvalue weighted by Gasteiger charge is -2.12. The Hall–Kier alpha value is -1.94. The Morgan fingerprint density at radius 2 is 1.29 bits per heavy atom. The number of ether oxygens (including phenoxy) is 3. The number of hydrogen-bond acceptors (Lipinski definition) is 3. The zero-order valence-corrected chi connectivity index (χ0v) is 13.8. The van der Waals surface area contributed by atoms with Crippen LogP contribution in [-0.4, -0.2) is 21.3 Å². The molecule has 0 unspecified atom stereocenters. The van der Waals surface area contributed by atoms with Crippen molar-refractivity contribution in [3.63, 3.8) is 0 Å². The van der Waals surface area contributed by atoms with E-state index in [0.717, 1.165) is 15.6 Å². The molecule has 0 fully saturated rings. The maximum atomic E-state index is 5.34. The number of halogens is 1. The van der Waals surface area contributed by atoms with E-state index in [1.54, 1.807) is 21.3 Å². The van der Waals surface area contributed by atoms with E-state index in [2.05, 4.69) is 15.9 Å². The zero-order chi connectivity index (χ0) is 15.2. The van der Waals surface area contributed by atoms with Crippen LogP contribution in [0, 0.1) is 0 Å². The summed E-state index contributed by atoms with van der Waals surface area (Å²) in [6.07, 6.45) is 4.04. The molecule has 2 aromatic rings. The molecule has 0 aromatic heterocycles. The Balaban J connectivity index is 2.33. The number of hydrogen-bond donors (Lipinski definition) is 0. The molecule has 0 aliphatic carbocycles. The molecule has 0 N–H and O–H groups in total. The molecule has 2 rings (SSSR count). The average molecular weight is 349 g/mol. The van der Waals surface area contributed by atoms with Gasteiger partial charge in [0, 0.05) is 4.47 Å². The minimum absolute atomic E-state index is 0.598. The van der Waals surface area contributed by atoms with Gasteiger partial charge in [0.05, 0.1) is 21.3 Å². The average Bonchev–Trinajstić information content (AvgIpc) is 2.53. The standard InChI is InChI=1S/C17H17BrO3/c1-19-15-10-13(11-16(20-2)17(15)21-3)5-4-12-6-8-14(18)9-7-12/h4-11H,1-3H3/b5-4-. The van der Waals surface area contributed by atoms with Crippen LogP contribution in [0.5, 0.6) is 17.2 Å². The zero-order valence-electron chi connectivity index (χ0n) is 12.2. The van der Waals surface area contributed by atoms with Crippen molar-refractivity contribution in [1.29, 1.82) is 0 Å². The second kappa shape index (κ2) is 7.18. The summed E-state index contributed by atoms with van der Waals surface area (Å²) in [5.74, 6) is 1.89. The van der Waals surface area contributed by atoms with E-state index < -0.39 is 0 Å². The third kappa shape index (κ3) is 3.79. The third-order valence-electron chi connectivity index (χ3n) is 3.03. The molecule has 0 radical (unpaired) electrons. The van der Waals surface area contributed by atoms with Crippen LogP contribution in [0.4, 0.5) is 0 Å². The SMILES string of the molecule is COc1cc(/C=C\c2ccc(Br)cc2)cc(OC)c1OC. The molecule has 110 valence electrons. The summed E-state index contributed by atoms with van der Waals surface area (Å²) in [6.45, 7) is 0. The Kier molecular flexibility index (Phi) is 5.28. The van der Waals surface area contributed by atoms with E-state index >= 15 is 0 Å². The van der Waals surface area contributed by atoms with Crippen LogP contribution >= 0.6 is 15.9 Å². The largest absolute Gasteiger partial charge is 0.493 e. The molecule has 4 heteroatoms. The first-order valence-electron chi connectivity index (χ1n) is 6.41. The fourth-order valence-corrected chi connectivity index (χ4v) is 2.23. The van der Waals surface area contributed by atoms with Crippen molar-refractivity contribution < 1.29 is 14.2 Å². The van der Waals surface area contributed by atoms with Gasteiger partial charge in [0.15, 0.2) is 11.5 Å². The summed E-state index contributed by atoms with van der Waals surface area (Å²) in [6, 6.07) is 11.9. The van der Waals surface area contributed by atoms with Crippen molar-refractivity contribution in [3.8, 4) is 17.2 Å². The minimum atomic E-state index is 0.598. The van der Waals surface area contributed by atoms with Crippen LogP contribution in [0.3, 0.4) is 0 Å². The van der Waals surface area contributed by atoms with E-state index in [4.69, 9.17) is 14.2 Å². The molecule has 0 aliphatic heterocycles. The van der Waals surface area contributed by atoms with Crippen LogP contribution in [0.1, 0.15) is 11.1 Å². The van der Waals surface area contributed by atoms with Crippen molar-refractivity contribution >= 4 is 28.1 Å². The second-order valence-corrected chi connectivity index (χ2v) is 5.26. The topological polar surface area (TPSA) is 27.7 Å². The van der Waals surface area contributed by atoms with Crippen molar-refractivity contribution in [2.75, 3.05) is 21.3 Å². The van der Waals surface area contributed by atoms with Gasteiger partial charge in [0.1, 0.15) is 0 Å². The summed E-state index contributed by atoms with van der Waals surface area (Å²) in [5, 5.41) is 0. The molecule has 0 atom stereocenters. The number of methoxy groups -OCH3 is 3. The Bertz CT molecular complexity index is 608. The lowest BCUT2D eigenvalue weighted by atomic mass is 10.1. The van der Waals surface area contributed by atoms with E-state index in [1.807, 2.05) is 48.6 Å². The van der Waals surface area contributed by atoms with Gasteiger partial charge in [-0.05, 0) is 35.4 Å². The highest BCUT2D eigenvalue weighted by Crippen LogP contribution is 2.38. The number of benzene rings is 2. The molecule has 0 spiro atoms. The molecule has 0 heterocycles. The second-order valence-electron chi connectivity index (χ2n) is 4.34. The summed E-state index contributed by atoms with van der Waals surface area (Å²) < 4.78 is 17.1. The van der Waals surface area contributed by atoms with Gasteiger partial charge in [0.25, 0.3) is 0 Å². The van der Waals surface area contributed by atoms with E-state index in [-0.39, 0.29) is 0 Å². The fraction of sp³-hybridized carbons (Fsp3) is 0.176. The molecule has 0 aliphatic rings. The highest BCUT2D eigenvalue weighted by atomic mass is 79.9. The smallest absolute Gasteiger partial charge is 0.203 e. The Morgan fingerprint density at radius 1 is 0.762 bits per heavy atom. The van der Waals surface area contributed by atoms with Crippen LogP contribution in [-0.2, 0) is 0 Å². The first-order valence-corrected chi connectivity index (χ1v) is 7.21. The van der Waals surface area contributed by atoms with Gasteiger partial charge in [-0.2, -0.15) is 0 Å². The van der Waals surface area contributed by atoms with Gasteiger partial charge in [-0.25, -0.2) is 0 Å². The van der Waals surface area contributed by atoms with Crippen LogP contribution in [0.15, 0.2) is 40.9 Å². The predicted octanol–water partition coefficient (Wildman–Crippen LogP) is 4.65. The highest BCUT2D eigenvalue weighted by molar-refractivity contribution is 9.10. The molecule has 0 amide bonds. The third-order valence-corrected chi connectivity index (χ3v) is 3.55. The number of rotatable bonds is 5. The van der Waals surface area contributed by atoms with Crippen molar-refractivity contribution in [1.82, 2.24) is 0 Å². The molecule has 2 aromatic carbocycles. The minimum Gasteiger partial charge on any atom is -0.493 e. The maximum Gasteiger partial charge on any atom is 0.203 e. The molecule has 0 bridgehead atoms. The van der Waals surface area contributed by atoms with Gasteiger partial charge >= 0.3 is 0 Å². The summed E-state index contributed by atoms with van der Waals surface area (Å²) in [4.78, 5) is 0. The summed E-state index contributed by atoms with van der Waals surface area (Å²) in [5.41, 5.74) is 2.10. The van der Waals surface area contributed by atoms with Gasteiger partial charge in [-0.1, -0.05) is 40.2 Å². The van der Waals surface area contributed by atoms with E-state index in [0.29, 0.717) is 17.2 Å². The van der Waals surface area contributed by atoms with Crippen molar-refractivity contribution in [3.05, 3.63) is 52.0 Å². The maximum absolute atomic E-state index is 5.34. The fourth-order valence-electron chi connectivity index (χ4n) is 1.96. The lowest BCUT2D eigenvalue weighted by Crippen LogP contribution is -1.95. The van der Waals surface area contributed by atoms with Gasteiger partial charge < -0.3 is 14.2 Å². The molecule has 0 saturated carbocycles. The Labute approximate surface area is 133 Å². The predicted molar refractivity (Wildman–Crippen MR) is 89.2 cm³/mol. The van der Waals surface area contributed by atoms with Crippen LogP contribution in [0.2, 0.25) is 0 Å². The van der Waals surface area contributed by atoms with E-state index in [1.165, 1.54) is 0 Å². The molecular weight excluding hydrogens is 332 g/mol. The molecular formula is C17H17BrO3. The highest BCUT2D eigenvalue weighted by Gasteiger charge is 2.11. The summed E-state index contributed by atoms with van der Waals surface area (Å²) >= 11 is 3.42. The van der Waals surface area contributed by atoms with E-state index in [9.17, 15) is 0 Å². The molecule has 0 saturated heterocycles. The van der Waals surface area contributed by atoms with Gasteiger partial charge in [-0.3, -0.25) is 0 Å². The van der Waals surface area contributed by atoms with Crippen LogP contribution < -0.4 is 14.2 Å². The van der Waals surface area contributed by atoms with Crippen molar-refractivity contribution in [2.45, 2.75) is 0 Å². The monoisotopic (exact) mass is 348 g/mol. The van der Waals surface area contributed by atoms with Crippen LogP contribution in [0.25, 0.3) is 12.2 Å². The normalized spacial score (nSPS) is 10.7. The molecule has 3 nitrogen and oxygen atoms in total. The quantitative estimate of drug-likeness (QED) is 0.736. The first-order chi connectivity index (χ1) is 10.2. The first kappa shape index (κ1) is 15.4. The Morgan fingerprint density at radius 3 is 1.76 bits per heavy atom. The molecule has 21 heavy (non-hydrogen) atoms. The summed E-state index contributed by atoms with van der Waals surface area (Å²) in [7, 11) is 4.82. The van der Waals surface area contributed by atoms with Gasteiger partial charge in [0.2, 0.25) is 5.75 Å². The lowest BCUT2D eigenvalue weighted by molar-refractivity contribution is 0.324. The van der Waals surface area contributed by atoms with Crippen molar-refractivity contribution in [2.24, 2.45) is 0 Å².